The first-order valence-corrected chi connectivity index (χ1v) is 9.16. The summed E-state index contributed by atoms with van der Waals surface area (Å²) in [5.41, 5.74) is 3.81. The number of ether oxygens (including phenoxy) is 1. The Kier molecular flexibility index (Phi) is 5.22. The number of nitriles is 1. The molecular formula is C25H18N2O2. The van der Waals surface area contributed by atoms with Crippen LogP contribution in [-0.2, 0) is 0 Å². The highest BCUT2D eigenvalue weighted by atomic mass is 16.5. The van der Waals surface area contributed by atoms with Gasteiger partial charge in [0, 0.05) is 17.3 Å². The van der Waals surface area contributed by atoms with Gasteiger partial charge in [-0.3, -0.25) is 0 Å². The zero-order valence-corrected chi connectivity index (χ0v) is 15.9. The van der Waals surface area contributed by atoms with Gasteiger partial charge in [0.15, 0.2) is 0 Å². The third-order valence-electron chi connectivity index (χ3n) is 4.55. The van der Waals surface area contributed by atoms with E-state index in [1.807, 2.05) is 84.9 Å². The maximum atomic E-state index is 9.91. The summed E-state index contributed by atoms with van der Waals surface area (Å²) >= 11 is 0. The summed E-state index contributed by atoms with van der Waals surface area (Å²) in [6, 6.07) is 29.3. The smallest absolute Gasteiger partial charge is 0.238 e. The van der Waals surface area contributed by atoms with Crippen LogP contribution in [0.2, 0.25) is 0 Å². The SMILES string of the molecule is COc1ccc(-c2c(-c3ccccc3)oc(N=Cc3ccccc3)c2C#N)cc1. The van der Waals surface area contributed by atoms with Crippen molar-refractivity contribution in [3.8, 4) is 34.3 Å². The van der Waals surface area contributed by atoms with E-state index in [1.165, 1.54) is 0 Å². The van der Waals surface area contributed by atoms with Crippen molar-refractivity contribution in [3.63, 3.8) is 0 Å². The second-order valence-electron chi connectivity index (χ2n) is 6.36. The van der Waals surface area contributed by atoms with Crippen LogP contribution in [-0.4, -0.2) is 13.3 Å². The molecule has 0 aliphatic carbocycles. The van der Waals surface area contributed by atoms with Crippen molar-refractivity contribution in [1.29, 1.82) is 5.26 Å². The molecule has 140 valence electrons. The van der Waals surface area contributed by atoms with Crippen LogP contribution in [0.3, 0.4) is 0 Å². The van der Waals surface area contributed by atoms with Gasteiger partial charge in [-0.05, 0) is 23.3 Å². The van der Waals surface area contributed by atoms with Gasteiger partial charge in [-0.2, -0.15) is 5.26 Å². The average molecular weight is 378 g/mol. The lowest BCUT2D eigenvalue weighted by Crippen LogP contribution is -1.86. The van der Waals surface area contributed by atoms with Crippen molar-refractivity contribution in [2.24, 2.45) is 4.99 Å². The van der Waals surface area contributed by atoms with E-state index in [4.69, 9.17) is 9.15 Å². The van der Waals surface area contributed by atoms with Gasteiger partial charge in [-0.1, -0.05) is 72.8 Å². The van der Waals surface area contributed by atoms with Crippen LogP contribution in [0.4, 0.5) is 5.88 Å². The van der Waals surface area contributed by atoms with E-state index in [1.54, 1.807) is 13.3 Å². The molecule has 0 atom stereocenters. The summed E-state index contributed by atoms with van der Waals surface area (Å²) in [5, 5.41) is 9.91. The average Bonchev–Trinajstić information content (AvgIpc) is 3.17. The van der Waals surface area contributed by atoms with Gasteiger partial charge in [0.1, 0.15) is 23.1 Å². The molecule has 0 radical (unpaired) electrons. The van der Waals surface area contributed by atoms with Crippen molar-refractivity contribution in [2.45, 2.75) is 0 Å². The van der Waals surface area contributed by atoms with Crippen LogP contribution in [0, 0.1) is 11.3 Å². The van der Waals surface area contributed by atoms with E-state index in [0.29, 0.717) is 17.2 Å². The largest absolute Gasteiger partial charge is 0.497 e. The van der Waals surface area contributed by atoms with E-state index in [0.717, 1.165) is 28.0 Å². The molecule has 0 unspecified atom stereocenters. The second-order valence-corrected chi connectivity index (χ2v) is 6.36. The van der Waals surface area contributed by atoms with Crippen molar-refractivity contribution in [1.82, 2.24) is 0 Å². The topological polar surface area (TPSA) is 58.5 Å². The number of nitrogens with zero attached hydrogens (tertiary/aromatic N) is 2. The van der Waals surface area contributed by atoms with E-state index in [9.17, 15) is 5.26 Å². The summed E-state index contributed by atoms with van der Waals surface area (Å²) in [7, 11) is 1.62. The van der Waals surface area contributed by atoms with Crippen LogP contribution in [0.5, 0.6) is 5.75 Å². The Morgan fingerprint density at radius 2 is 1.52 bits per heavy atom. The lowest BCUT2D eigenvalue weighted by atomic mass is 9.98. The highest BCUT2D eigenvalue weighted by molar-refractivity contribution is 5.89. The van der Waals surface area contributed by atoms with Crippen LogP contribution >= 0.6 is 0 Å². The van der Waals surface area contributed by atoms with E-state index in [2.05, 4.69) is 11.1 Å². The van der Waals surface area contributed by atoms with Gasteiger partial charge in [-0.25, -0.2) is 4.99 Å². The van der Waals surface area contributed by atoms with E-state index < -0.39 is 0 Å². The Morgan fingerprint density at radius 1 is 0.862 bits per heavy atom. The molecule has 0 bridgehead atoms. The highest BCUT2D eigenvalue weighted by Gasteiger charge is 2.22. The number of hydrogen-bond acceptors (Lipinski definition) is 4. The number of hydrogen-bond donors (Lipinski definition) is 0. The predicted octanol–water partition coefficient (Wildman–Crippen LogP) is 6.24. The Bertz CT molecular complexity index is 1170. The minimum atomic E-state index is 0.293. The summed E-state index contributed by atoms with van der Waals surface area (Å²) in [6.45, 7) is 0. The molecule has 0 fully saturated rings. The molecule has 4 aromatic rings. The first-order valence-electron chi connectivity index (χ1n) is 9.16. The molecule has 0 saturated carbocycles. The Labute approximate surface area is 169 Å². The fraction of sp³-hybridized carbons (Fsp3) is 0.0400. The van der Waals surface area contributed by atoms with Gasteiger partial charge in [0.2, 0.25) is 5.88 Å². The molecule has 1 aromatic heterocycles. The quantitative estimate of drug-likeness (QED) is 0.386. The van der Waals surface area contributed by atoms with Crippen LogP contribution < -0.4 is 4.74 Å². The third kappa shape index (κ3) is 3.80. The lowest BCUT2D eigenvalue weighted by molar-refractivity contribution is 0.415. The minimum Gasteiger partial charge on any atom is -0.497 e. The maximum Gasteiger partial charge on any atom is 0.238 e. The zero-order valence-electron chi connectivity index (χ0n) is 15.9. The Hall–Kier alpha value is -4.10. The summed E-state index contributed by atoms with van der Waals surface area (Å²) < 4.78 is 11.4. The minimum absolute atomic E-state index is 0.293. The van der Waals surface area contributed by atoms with E-state index in [-0.39, 0.29) is 0 Å². The van der Waals surface area contributed by atoms with Gasteiger partial charge >= 0.3 is 0 Å². The number of methoxy groups -OCH3 is 1. The summed E-state index contributed by atoms with van der Waals surface area (Å²) in [6.07, 6.45) is 1.70. The fourth-order valence-corrected chi connectivity index (χ4v) is 3.11. The van der Waals surface area contributed by atoms with Gasteiger partial charge in [-0.15, -0.1) is 0 Å². The third-order valence-corrected chi connectivity index (χ3v) is 4.55. The van der Waals surface area contributed by atoms with Gasteiger partial charge in [0.05, 0.1) is 7.11 Å². The Balaban J connectivity index is 1.88. The molecule has 0 aliphatic heterocycles. The van der Waals surface area contributed by atoms with Crippen LogP contribution in [0.1, 0.15) is 11.1 Å². The molecule has 4 heteroatoms. The van der Waals surface area contributed by atoms with E-state index >= 15 is 0 Å². The normalized spacial score (nSPS) is 10.8. The van der Waals surface area contributed by atoms with Crippen LogP contribution in [0.15, 0.2) is 94.3 Å². The fourth-order valence-electron chi connectivity index (χ4n) is 3.11. The zero-order chi connectivity index (χ0) is 20.1. The van der Waals surface area contributed by atoms with Crippen molar-refractivity contribution < 1.29 is 9.15 Å². The molecule has 0 amide bonds. The second kappa shape index (κ2) is 8.28. The molecule has 3 aromatic carbocycles. The first-order chi connectivity index (χ1) is 14.3. The standard InChI is InChI=1S/C25H18N2O2/c1-28-21-14-12-19(13-15-21)23-22(16-26)25(27-17-18-8-4-2-5-9-18)29-24(23)20-10-6-3-7-11-20/h2-15,17H,1H3. The summed E-state index contributed by atoms with van der Waals surface area (Å²) in [5.74, 6) is 1.66. The number of furan rings is 1. The highest BCUT2D eigenvalue weighted by Crippen LogP contribution is 2.42. The molecule has 0 saturated heterocycles. The van der Waals surface area contributed by atoms with Crippen molar-refractivity contribution in [2.75, 3.05) is 7.11 Å². The van der Waals surface area contributed by atoms with Gasteiger partial charge in [0.25, 0.3) is 0 Å². The number of rotatable bonds is 5. The molecule has 1 heterocycles. The van der Waals surface area contributed by atoms with Crippen LogP contribution in [0.25, 0.3) is 22.5 Å². The predicted molar refractivity (Wildman–Crippen MR) is 115 cm³/mol. The molecule has 4 rings (SSSR count). The number of benzene rings is 3. The van der Waals surface area contributed by atoms with Crippen molar-refractivity contribution >= 4 is 12.1 Å². The maximum absolute atomic E-state index is 9.91. The molecule has 0 spiro atoms. The molecular weight excluding hydrogens is 360 g/mol. The molecule has 0 aliphatic rings. The Morgan fingerprint density at radius 3 is 2.14 bits per heavy atom. The summed E-state index contributed by atoms with van der Waals surface area (Å²) in [4.78, 5) is 4.47. The van der Waals surface area contributed by atoms with Gasteiger partial charge < -0.3 is 9.15 Å². The molecule has 0 N–H and O–H groups in total. The molecule has 4 nitrogen and oxygen atoms in total. The molecule has 29 heavy (non-hydrogen) atoms. The van der Waals surface area contributed by atoms with Crippen molar-refractivity contribution in [3.05, 3.63) is 96.1 Å². The lowest BCUT2D eigenvalue weighted by Gasteiger charge is -2.05. The monoisotopic (exact) mass is 378 g/mol. The first kappa shape index (κ1) is 18.3. The number of aliphatic imine (C=N–C) groups is 1.